The SMILES string of the molecule is CNn1c([C@@H](C)OC)nc2ccccc2c1=O. The third kappa shape index (κ3) is 1.89. The van der Waals surface area contributed by atoms with Crippen LogP contribution in [0.5, 0.6) is 0 Å². The van der Waals surface area contributed by atoms with Crippen molar-refractivity contribution in [2.45, 2.75) is 13.0 Å². The summed E-state index contributed by atoms with van der Waals surface area (Å²) in [6.45, 7) is 1.85. The molecule has 17 heavy (non-hydrogen) atoms. The summed E-state index contributed by atoms with van der Waals surface area (Å²) in [5, 5.41) is 0.592. The highest BCUT2D eigenvalue weighted by Crippen LogP contribution is 2.14. The Balaban J connectivity index is 2.80. The molecule has 2 aromatic rings. The lowest BCUT2D eigenvalue weighted by Crippen LogP contribution is -2.32. The second kappa shape index (κ2) is 4.55. The number of nitrogens with zero attached hydrogens (tertiary/aromatic N) is 2. The normalized spacial score (nSPS) is 12.6. The van der Waals surface area contributed by atoms with Gasteiger partial charge in [-0.2, -0.15) is 0 Å². The lowest BCUT2D eigenvalue weighted by atomic mass is 10.2. The molecule has 0 aliphatic carbocycles. The van der Waals surface area contributed by atoms with Gasteiger partial charge in [0.05, 0.1) is 10.9 Å². The lowest BCUT2D eigenvalue weighted by Gasteiger charge is -2.16. The van der Waals surface area contributed by atoms with Gasteiger partial charge in [-0.05, 0) is 19.1 Å². The molecule has 0 saturated carbocycles. The monoisotopic (exact) mass is 233 g/mol. The molecule has 90 valence electrons. The number of rotatable bonds is 3. The zero-order valence-corrected chi connectivity index (χ0v) is 10.1. The zero-order chi connectivity index (χ0) is 12.4. The summed E-state index contributed by atoms with van der Waals surface area (Å²) in [7, 11) is 3.27. The highest BCUT2D eigenvalue weighted by molar-refractivity contribution is 5.77. The van der Waals surface area contributed by atoms with Crippen molar-refractivity contribution in [2.75, 3.05) is 19.6 Å². The van der Waals surface area contributed by atoms with E-state index in [2.05, 4.69) is 10.4 Å². The van der Waals surface area contributed by atoms with Crippen molar-refractivity contribution in [2.24, 2.45) is 0 Å². The third-order valence-corrected chi connectivity index (χ3v) is 2.74. The van der Waals surface area contributed by atoms with Crippen LogP contribution in [0.1, 0.15) is 18.9 Å². The van der Waals surface area contributed by atoms with Gasteiger partial charge in [0.2, 0.25) is 0 Å². The van der Waals surface area contributed by atoms with Gasteiger partial charge in [0.15, 0.2) is 5.82 Å². The topological polar surface area (TPSA) is 56.1 Å². The van der Waals surface area contributed by atoms with Crippen molar-refractivity contribution in [1.29, 1.82) is 0 Å². The molecule has 1 N–H and O–H groups in total. The van der Waals surface area contributed by atoms with Crippen molar-refractivity contribution in [3.8, 4) is 0 Å². The first-order valence-electron chi connectivity index (χ1n) is 5.41. The molecule has 0 fully saturated rings. The van der Waals surface area contributed by atoms with E-state index in [1.165, 1.54) is 4.68 Å². The predicted octanol–water partition coefficient (Wildman–Crippen LogP) is 1.28. The van der Waals surface area contributed by atoms with E-state index in [1.54, 1.807) is 20.2 Å². The van der Waals surface area contributed by atoms with Gasteiger partial charge < -0.3 is 10.2 Å². The number of fused-ring (bicyclic) bond motifs is 1. The molecule has 0 amide bonds. The number of para-hydroxylation sites is 1. The number of methoxy groups -OCH3 is 1. The van der Waals surface area contributed by atoms with Crippen molar-refractivity contribution >= 4 is 10.9 Å². The first-order valence-corrected chi connectivity index (χ1v) is 5.41. The smallest absolute Gasteiger partial charge is 0.280 e. The van der Waals surface area contributed by atoms with E-state index in [9.17, 15) is 4.79 Å². The Morgan fingerprint density at radius 1 is 1.41 bits per heavy atom. The second-order valence-electron chi connectivity index (χ2n) is 3.73. The van der Waals surface area contributed by atoms with Crippen LogP contribution in [-0.4, -0.2) is 23.8 Å². The summed E-state index contributed by atoms with van der Waals surface area (Å²) in [6, 6.07) is 7.27. The standard InChI is InChI=1S/C12H15N3O2/c1-8(17-3)11-14-10-7-5-4-6-9(10)12(16)15(11)13-2/h4-8,13H,1-3H3/t8-/m1/s1. The number of aromatic nitrogens is 2. The first-order chi connectivity index (χ1) is 8.19. The van der Waals surface area contributed by atoms with Crippen LogP contribution in [0.2, 0.25) is 0 Å². The summed E-state index contributed by atoms with van der Waals surface area (Å²) in [4.78, 5) is 16.7. The maximum atomic E-state index is 12.2. The first kappa shape index (κ1) is 11.6. The largest absolute Gasteiger partial charge is 0.374 e. The van der Waals surface area contributed by atoms with E-state index >= 15 is 0 Å². The van der Waals surface area contributed by atoms with Gasteiger partial charge in [-0.25, -0.2) is 9.66 Å². The van der Waals surface area contributed by atoms with E-state index in [4.69, 9.17) is 4.74 Å². The molecule has 1 aromatic heterocycles. The van der Waals surface area contributed by atoms with Crippen LogP contribution in [0, 0.1) is 0 Å². The Kier molecular flexibility index (Phi) is 3.10. The average Bonchev–Trinajstić information content (AvgIpc) is 2.37. The average molecular weight is 233 g/mol. The van der Waals surface area contributed by atoms with E-state index in [-0.39, 0.29) is 11.7 Å². The van der Waals surface area contributed by atoms with Crippen LogP contribution in [-0.2, 0) is 4.74 Å². The zero-order valence-electron chi connectivity index (χ0n) is 10.1. The number of hydrogen-bond donors (Lipinski definition) is 1. The molecular weight excluding hydrogens is 218 g/mol. The van der Waals surface area contributed by atoms with Crippen LogP contribution in [0.15, 0.2) is 29.1 Å². The third-order valence-electron chi connectivity index (χ3n) is 2.74. The van der Waals surface area contributed by atoms with Crippen LogP contribution in [0.3, 0.4) is 0 Å². The molecule has 0 unspecified atom stereocenters. The number of hydrogen-bond acceptors (Lipinski definition) is 4. The van der Waals surface area contributed by atoms with Crippen LogP contribution in [0.25, 0.3) is 10.9 Å². The van der Waals surface area contributed by atoms with Gasteiger partial charge in [-0.3, -0.25) is 4.79 Å². The van der Waals surface area contributed by atoms with Crippen molar-refractivity contribution in [3.63, 3.8) is 0 Å². The molecule has 5 nitrogen and oxygen atoms in total. The fourth-order valence-electron chi connectivity index (χ4n) is 1.74. The molecule has 1 atom stereocenters. The van der Waals surface area contributed by atoms with Gasteiger partial charge >= 0.3 is 0 Å². The fourth-order valence-corrected chi connectivity index (χ4v) is 1.74. The Hall–Kier alpha value is -1.88. The van der Waals surface area contributed by atoms with Gasteiger partial charge in [-0.1, -0.05) is 12.1 Å². The molecule has 5 heteroatoms. The number of nitrogens with one attached hydrogen (secondary N) is 1. The summed E-state index contributed by atoms with van der Waals surface area (Å²) in [5.41, 5.74) is 3.40. The highest BCUT2D eigenvalue weighted by Gasteiger charge is 2.14. The minimum Gasteiger partial charge on any atom is -0.374 e. The van der Waals surface area contributed by atoms with E-state index < -0.39 is 0 Å². The Morgan fingerprint density at radius 3 is 2.76 bits per heavy atom. The molecule has 1 heterocycles. The van der Waals surface area contributed by atoms with Gasteiger partial charge in [0, 0.05) is 14.2 Å². The summed E-state index contributed by atoms with van der Waals surface area (Å²) in [5.74, 6) is 0.568. The van der Waals surface area contributed by atoms with E-state index in [1.807, 2.05) is 25.1 Å². The quantitative estimate of drug-likeness (QED) is 0.867. The maximum absolute atomic E-state index is 12.2. The molecular formula is C12H15N3O2. The maximum Gasteiger partial charge on any atom is 0.280 e. The van der Waals surface area contributed by atoms with E-state index in [0.717, 1.165) is 0 Å². The molecule has 0 radical (unpaired) electrons. The molecule has 0 spiro atoms. The Morgan fingerprint density at radius 2 is 2.12 bits per heavy atom. The second-order valence-corrected chi connectivity index (χ2v) is 3.73. The minimum atomic E-state index is -0.250. The van der Waals surface area contributed by atoms with Gasteiger partial charge in [-0.15, -0.1) is 0 Å². The molecule has 1 aromatic carbocycles. The summed E-state index contributed by atoms with van der Waals surface area (Å²) >= 11 is 0. The Labute approximate surface area is 99.0 Å². The highest BCUT2D eigenvalue weighted by atomic mass is 16.5. The minimum absolute atomic E-state index is 0.114. The fraction of sp³-hybridized carbons (Fsp3) is 0.333. The molecule has 2 rings (SSSR count). The molecule has 0 aliphatic rings. The molecule has 0 bridgehead atoms. The summed E-state index contributed by atoms with van der Waals surface area (Å²) in [6.07, 6.45) is -0.250. The van der Waals surface area contributed by atoms with Crippen LogP contribution >= 0.6 is 0 Å². The van der Waals surface area contributed by atoms with Crippen LogP contribution < -0.4 is 11.0 Å². The number of ether oxygens (including phenoxy) is 1. The van der Waals surface area contributed by atoms with Crippen molar-refractivity contribution in [1.82, 2.24) is 9.66 Å². The van der Waals surface area contributed by atoms with E-state index in [0.29, 0.717) is 16.7 Å². The summed E-state index contributed by atoms with van der Waals surface area (Å²) < 4.78 is 6.63. The van der Waals surface area contributed by atoms with Gasteiger partial charge in [0.25, 0.3) is 5.56 Å². The molecule has 0 saturated heterocycles. The Bertz CT molecular complexity index is 592. The van der Waals surface area contributed by atoms with Crippen molar-refractivity contribution < 1.29 is 4.74 Å². The number of benzene rings is 1. The van der Waals surface area contributed by atoms with Gasteiger partial charge in [0.1, 0.15) is 6.10 Å². The molecule has 0 aliphatic heterocycles. The van der Waals surface area contributed by atoms with Crippen molar-refractivity contribution in [3.05, 3.63) is 40.4 Å². The predicted molar refractivity (Wildman–Crippen MR) is 66.7 cm³/mol. The lowest BCUT2D eigenvalue weighted by molar-refractivity contribution is 0.109. The van der Waals surface area contributed by atoms with Crippen LogP contribution in [0.4, 0.5) is 0 Å².